The summed E-state index contributed by atoms with van der Waals surface area (Å²) < 4.78 is 18.5. The molecule has 0 fully saturated rings. The van der Waals surface area contributed by atoms with Crippen LogP contribution >= 0.6 is 15.9 Å². The van der Waals surface area contributed by atoms with Crippen LogP contribution in [0.1, 0.15) is 11.1 Å². The average molecular weight is 261 g/mol. The minimum Gasteiger partial charge on any atom is -0.469 e. The van der Waals surface area contributed by atoms with E-state index in [4.69, 9.17) is 0 Å². The van der Waals surface area contributed by atoms with E-state index in [1.807, 2.05) is 0 Å². The maximum absolute atomic E-state index is 13.3. The Bertz CT molecular complexity index is 363. The minimum atomic E-state index is -0.445. The summed E-state index contributed by atoms with van der Waals surface area (Å²) in [6, 6.07) is 2.99. The lowest BCUT2D eigenvalue weighted by Gasteiger charge is -2.05. The molecule has 0 aliphatic heterocycles. The lowest BCUT2D eigenvalue weighted by Crippen LogP contribution is -2.06. The number of methoxy groups -OCH3 is 1. The van der Waals surface area contributed by atoms with Crippen molar-refractivity contribution < 1.29 is 13.9 Å². The van der Waals surface area contributed by atoms with Crippen LogP contribution in [0, 0.1) is 12.7 Å². The Hall–Kier alpha value is -0.900. The lowest BCUT2D eigenvalue weighted by atomic mass is 10.1. The van der Waals surface area contributed by atoms with Crippen molar-refractivity contribution >= 4 is 21.9 Å². The molecule has 1 rings (SSSR count). The molecule has 0 spiro atoms. The van der Waals surface area contributed by atoms with Crippen LogP contribution in [0.25, 0.3) is 0 Å². The van der Waals surface area contributed by atoms with Crippen LogP contribution in [0.3, 0.4) is 0 Å². The van der Waals surface area contributed by atoms with E-state index in [1.54, 1.807) is 13.0 Å². The summed E-state index contributed by atoms with van der Waals surface area (Å²) in [5.74, 6) is -0.823. The summed E-state index contributed by atoms with van der Waals surface area (Å²) >= 11 is 3.27. The molecular weight excluding hydrogens is 251 g/mol. The van der Waals surface area contributed by atoms with Crippen LogP contribution in [0.5, 0.6) is 0 Å². The maximum atomic E-state index is 13.3. The summed E-state index contributed by atoms with van der Waals surface area (Å²) in [5.41, 5.74) is 1.14. The summed E-state index contributed by atoms with van der Waals surface area (Å²) in [4.78, 5) is 10.9. The highest BCUT2D eigenvalue weighted by Gasteiger charge is 2.10. The number of rotatable bonds is 2. The highest BCUT2D eigenvalue weighted by molar-refractivity contribution is 9.10. The Kier molecular flexibility index (Phi) is 3.63. The zero-order valence-corrected chi connectivity index (χ0v) is 9.52. The van der Waals surface area contributed by atoms with Gasteiger partial charge in [-0.05, 0) is 24.6 Å². The number of ether oxygens (including phenoxy) is 1. The molecule has 0 aliphatic carbocycles. The molecule has 0 saturated heterocycles. The molecule has 1 aromatic rings. The van der Waals surface area contributed by atoms with Crippen molar-refractivity contribution in [3.63, 3.8) is 0 Å². The molecule has 0 atom stereocenters. The van der Waals surface area contributed by atoms with Crippen molar-refractivity contribution in [3.05, 3.63) is 33.5 Å². The van der Waals surface area contributed by atoms with Gasteiger partial charge < -0.3 is 4.74 Å². The number of halogens is 2. The monoisotopic (exact) mass is 260 g/mol. The maximum Gasteiger partial charge on any atom is 0.310 e. The van der Waals surface area contributed by atoms with Gasteiger partial charge in [0.25, 0.3) is 0 Å². The van der Waals surface area contributed by atoms with Crippen LogP contribution in [-0.2, 0) is 16.0 Å². The minimum absolute atomic E-state index is 0.0405. The first-order valence-electron chi connectivity index (χ1n) is 4.06. The second-order valence-electron chi connectivity index (χ2n) is 2.95. The Labute approximate surface area is 90.2 Å². The van der Waals surface area contributed by atoms with Crippen LogP contribution in [-0.4, -0.2) is 13.1 Å². The molecule has 0 aromatic heterocycles. The first-order valence-corrected chi connectivity index (χ1v) is 4.85. The van der Waals surface area contributed by atoms with Crippen molar-refractivity contribution in [1.82, 2.24) is 0 Å². The fraction of sp³-hybridized carbons (Fsp3) is 0.300. The molecule has 0 radical (unpaired) electrons. The number of aryl methyl sites for hydroxylation is 1. The predicted molar refractivity (Wildman–Crippen MR) is 54.6 cm³/mol. The highest BCUT2D eigenvalue weighted by Crippen LogP contribution is 2.21. The van der Waals surface area contributed by atoms with Crippen molar-refractivity contribution in [2.75, 3.05) is 7.11 Å². The fourth-order valence-electron chi connectivity index (χ4n) is 1.05. The Morgan fingerprint density at radius 1 is 1.57 bits per heavy atom. The van der Waals surface area contributed by atoms with Crippen molar-refractivity contribution in [3.8, 4) is 0 Å². The molecule has 0 bridgehead atoms. The third-order valence-corrected chi connectivity index (χ3v) is 2.74. The van der Waals surface area contributed by atoms with E-state index in [1.165, 1.54) is 13.2 Å². The van der Waals surface area contributed by atoms with Gasteiger partial charge in [-0.15, -0.1) is 0 Å². The SMILES string of the molecule is COC(=O)Cc1cc(Br)c(C)cc1F. The van der Waals surface area contributed by atoms with Crippen LogP contribution < -0.4 is 0 Å². The molecule has 0 aliphatic rings. The second-order valence-corrected chi connectivity index (χ2v) is 3.80. The summed E-state index contributed by atoms with van der Waals surface area (Å²) in [6.07, 6.45) is -0.0405. The van der Waals surface area contributed by atoms with Gasteiger partial charge in [0.15, 0.2) is 0 Å². The molecule has 76 valence electrons. The predicted octanol–water partition coefficient (Wildman–Crippen LogP) is 2.61. The van der Waals surface area contributed by atoms with Gasteiger partial charge in [-0.3, -0.25) is 4.79 Å². The van der Waals surface area contributed by atoms with Gasteiger partial charge in [-0.2, -0.15) is 0 Å². The van der Waals surface area contributed by atoms with Crippen LogP contribution in [0.2, 0.25) is 0 Å². The zero-order chi connectivity index (χ0) is 10.7. The van der Waals surface area contributed by atoms with E-state index >= 15 is 0 Å². The Morgan fingerprint density at radius 3 is 2.79 bits per heavy atom. The van der Waals surface area contributed by atoms with E-state index in [-0.39, 0.29) is 12.2 Å². The van der Waals surface area contributed by atoms with Crippen molar-refractivity contribution in [2.45, 2.75) is 13.3 Å². The number of esters is 1. The van der Waals surface area contributed by atoms with E-state index in [0.717, 1.165) is 10.0 Å². The quantitative estimate of drug-likeness (QED) is 0.765. The third-order valence-electron chi connectivity index (χ3n) is 1.89. The summed E-state index contributed by atoms with van der Waals surface area (Å²) in [5, 5.41) is 0. The molecule has 2 nitrogen and oxygen atoms in total. The third kappa shape index (κ3) is 2.54. The normalized spacial score (nSPS) is 10.0. The molecule has 0 N–H and O–H groups in total. The first-order chi connectivity index (χ1) is 6.54. The number of carbonyl (C=O) groups excluding carboxylic acids is 1. The molecule has 0 saturated carbocycles. The zero-order valence-electron chi connectivity index (χ0n) is 7.93. The number of carbonyl (C=O) groups is 1. The van der Waals surface area contributed by atoms with E-state index in [0.29, 0.717) is 5.56 Å². The summed E-state index contributed by atoms with van der Waals surface area (Å²) in [6.45, 7) is 1.79. The van der Waals surface area contributed by atoms with Gasteiger partial charge in [0, 0.05) is 10.0 Å². The molecule has 1 aromatic carbocycles. The van der Waals surface area contributed by atoms with Crippen molar-refractivity contribution in [1.29, 1.82) is 0 Å². The van der Waals surface area contributed by atoms with Gasteiger partial charge in [-0.25, -0.2) is 4.39 Å². The smallest absolute Gasteiger partial charge is 0.310 e. The number of benzene rings is 1. The number of hydrogen-bond acceptors (Lipinski definition) is 2. The van der Waals surface area contributed by atoms with Crippen LogP contribution in [0.15, 0.2) is 16.6 Å². The molecular formula is C10H10BrFO2. The highest BCUT2D eigenvalue weighted by atomic mass is 79.9. The first kappa shape index (κ1) is 11.2. The van der Waals surface area contributed by atoms with Gasteiger partial charge >= 0.3 is 5.97 Å². The Balaban J connectivity index is 2.98. The molecule has 0 heterocycles. The summed E-state index contributed by atoms with van der Waals surface area (Å²) in [7, 11) is 1.28. The van der Waals surface area contributed by atoms with Gasteiger partial charge in [0.1, 0.15) is 5.82 Å². The molecule has 0 amide bonds. The van der Waals surface area contributed by atoms with Gasteiger partial charge in [0.2, 0.25) is 0 Å². The topological polar surface area (TPSA) is 26.3 Å². The largest absolute Gasteiger partial charge is 0.469 e. The molecule has 4 heteroatoms. The van der Waals surface area contributed by atoms with E-state index < -0.39 is 5.97 Å². The lowest BCUT2D eigenvalue weighted by molar-refractivity contribution is -0.139. The van der Waals surface area contributed by atoms with Gasteiger partial charge in [-0.1, -0.05) is 15.9 Å². The Morgan fingerprint density at radius 2 is 2.21 bits per heavy atom. The standard InChI is InChI=1S/C10H10BrFO2/c1-6-3-9(12)7(4-8(6)11)5-10(13)14-2/h3-4H,5H2,1-2H3. The van der Waals surface area contributed by atoms with E-state index in [9.17, 15) is 9.18 Å². The van der Waals surface area contributed by atoms with E-state index in [2.05, 4.69) is 20.7 Å². The second kappa shape index (κ2) is 4.55. The molecule has 14 heavy (non-hydrogen) atoms. The van der Waals surface area contributed by atoms with Gasteiger partial charge in [0.05, 0.1) is 13.5 Å². The van der Waals surface area contributed by atoms with Crippen molar-refractivity contribution in [2.24, 2.45) is 0 Å². The average Bonchev–Trinajstić information content (AvgIpc) is 2.14. The fourth-order valence-corrected chi connectivity index (χ4v) is 1.44. The number of hydrogen-bond donors (Lipinski definition) is 0. The molecule has 0 unspecified atom stereocenters. The van der Waals surface area contributed by atoms with Crippen LogP contribution in [0.4, 0.5) is 4.39 Å².